The van der Waals surface area contributed by atoms with E-state index in [0.29, 0.717) is 49.5 Å². The normalized spacial score (nSPS) is 18.6. The standard InChI is InChI=1S/C29H37N7O4S/c1-34-13-15-35(16-14-34)22-7-8-24(26(19-22)31-21-10-17-40-18-11-21)29(37)32-28-25-20-30-12-9-27(25)36(33-28)41(38,39)23-5-3-2-4-6-23/h2-8,19,21,30-31H,9-18,20H2,1H3,(H,32,33,37). The van der Waals surface area contributed by atoms with Crippen LogP contribution in [0.4, 0.5) is 17.2 Å². The van der Waals surface area contributed by atoms with Crippen LogP contribution in [-0.4, -0.2) is 87.4 Å². The van der Waals surface area contributed by atoms with Crippen LogP contribution in [0.15, 0.2) is 53.4 Å². The lowest BCUT2D eigenvalue weighted by Gasteiger charge is -2.34. The monoisotopic (exact) mass is 579 g/mol. The van der Waals surface area contributed by atoms with Gasteiger partial charge >= 0.3 is 0 Å². The van der Waals surface area contributed by atoms with Gasteiger partial charge in [0.15, 0.2) is 5.82 Å². The summed E-state index contributed by atoms with van der Waals surface area (Å²) in [7, 11) is -1.79. The molecule has 3 N–H and O–H groups in total. The molecule has 1 amide bonds. The number of likely N-dealkylation sites (N-methyl/N-ethyl adjacent to an activating group) is 1. The summed E-state index contributed by atoms with van der Waals surface area (Å²) >= 11 is 0. The summed E-state index contributed by atoms with van der Waals surface area (Å²) < 4.78 is 33.6. The first kappa shape index (κ1) is 27.7. The number of nitrogens with one attached hydrogen (secondary N) is 3. The third-order valence-electron chi connectivity index (χ3n) is 8.09. The van der Waals surface area contributed by atoms with E-state index in [4.69, 9.17) is 4.74 Å². The molecule has 3 aliphatic heterocycles. The molecule has 0 unspecified atom stereocenters. The third kappa shape index (κ3) is 5.82. The highest BCUT2D eigenvalue weighted by Gasteiger charge is 2.30. The first-order valence-corrected chi connectivity index (χ1v) is 15.7. The van der Waals surface area contributed by atoms with Gasteiger partial charge in [0.1, 0.15) is 0 Å². The van der Waals surface area contributed by atoms with Crippen LogP contribution in [0, 0.1) is 0 Å². The number of fused-ring (bicyclic) bond motifs is 1. The Bertz CT molecular complexity index is 1490. The maximum Gasteiger partial charge on any atom is 0.283 e. The van der Waals surface area contributed by atoms with Crippen molar-refractivity contribution in [1.29, 1.82) is 0 Å². The Labute approximate surface area is 240 Å². The predicted molar refractivity (Wildman–Crippen MR) is 158 cm³/mol. The van der Waals surface area contributed by atoms with Gasteiger partial charge in [-0.2, -0.15) is 12.5 Å². The highest BCUT2D eigenvalue weighted by molar-refractivity contribution is 7.89. The van der Waals surface area contributed by atoms with E-state index in [-0.39, 0.29) is 22.7 Å². The molecule has 6 rings (SSSR count). The molecule has 0 radical (unpaired) electrons. The molecule has 41 heavy (non-hydrogen) atoms. The summed E-state index contributed by atoms with van der Waals surface area (Å²) in [4.78, 5) is 18.6. The van der Waals surface area contributed by atoms with E-state index in [1.807, 2.05) is 12.1 Å². The fraction of sp³-hybridized carbons (Fsp3) is 0.448. The summed E-state index contributed by atoms with van der Waals surface area (Å²) in [5, 5.41) is 14.3. The van der Waals surface area contributed by atoms with Crippen LogP contribution in [0.1, 0.15) is 34.5 Å². The minimum atomic E-state index is -3.92. The Morgan fingerprint density at radius 2 is 1.80 bits per heavy atom. The Morgan fingerprint density at radius 1 is 1.05 bits per heavy atom. The van der Waals surface area contributed by atoms with Crippen molar-refractivity contribution in [1.82, 2.24) is 19.4 Å². The molecular weight excluding hydrogens is 542 g/mol. The second-order valence-electron chi connectivity index (χ2n) is 10.9. The van der Waals surface area contributed by atoms with E-state index in [9.17, 15) is 13.2 Å². The molecule has 0 aliphatic carbocycles. The number of aromatic nitrogens is 2. The van der Waals surface area contributed by atoms with Gasteiger partial charge in [-0.1, -0.05) is 18.2 Å². The van der Waals surface area contributed by atoms with Crippen molar-refractivity contribution in [3.8, 4) is 0 Å². The van der Waals surface area contributed by atoms with Crippen LogP contribution >= 0.6 is 0 Å². The zero-order valence-corrected chi connectivity index (χ0v) is 24.1. The second-order valence-corrected chi connectivity index (χ2v) is 12.6. The van der Waals surface area contributed by atoms with Crippen LogP contribution in [0.2, 0.25) is 0 Å². The molecule has 3 aliphatic rings. The van der Waals surface area contributed by atoms with E-state index in [0.717, 1.165) is 54.5 Å². The fourth-order valence-corrected chi connectivity index (χ4v) is 7.04. The van der Waals surface area contributed by atoms with Crippen molar-refractivity contribution in [3.63, 3.8) is 0 Å². The molecule has 1 aromatic heterocycles. The third-order valence-corrected chi connectivity index (χ3v) is 9.72. The lowest BCUT2D eigenvalue weighted by atomic mass is 10.1. The van der Waals surface area contributed by atoms with Gasteiger partial charge in [-0.3, -0.25) is 4.79 Å². The minimum Gasteiger partial charge on any atom is -0.381 e. The zero-order valence-electron chi connectivity index (χ0n) is 23.3. The van der Waals surface area contributed by atoms with E-state index in [1.165, 1.54) is 0 Å². The summed E-state index contributed by atoms with van der Waals surface area (Å²) in [6.07, 6.45) is 2.21. The Morgan fingerprint density at radius 3 is 2.56 bits per heavy atom. The fourth-order valence-electron chi connectivity index (χ4n) is 5.66. The molecule has 0 bridgehead atoms. The van der Waals surface area contributed by atoms with Crippen molar-refractivity contribution in [2.24, 2.45) is 0 Å². The molecule has 4 heterocycles. The number of hydrogen-bond donors (Lipinski definition) is 3. The lowest BCUT2D eigenvalue weighted by Crippen LogP contribution is -2.44. The molecule has 0 saturated carbocycles. The van der Waals surface area contributed by atoms with Crippen LogP contribution < -0.4 is 20.9 Å². The maximum atomic E-state index is 13.8. The van der Waals surface area contributed by atoms with Crippen LogP contribution in [0.25, 0.3) is 0 Å². The van der Waals surface area contributed by atoms with Gasteiger partial charge in [0.2, 0.25) is 0 Å². The average molecular weight is 580 g/mol. The largest absolute Gasteiger partial charge is 0.381 e. The van der Waals surface area contributed by atoms with Crippen molar-refractivity contribution >= 4 is 33.1 Å². The quantitative estimate of drug-likeness (QED) is 0.387. The Hall–Kier alpha value is -3.45. The van der Waals surface area contributed by atoms with Crippen LogP contribution in [0.5, 0.6) is 0 Å². The number of rotatable bonds is 7. The second kappa shape index (κ2) is 11.8. The van der Waals surface area contributed by atoms with Gasteiger partial charge in [-0.15, -0.1) is 5.10 Å². The number of ether oxygens (including phenoxy) is 1. The van der Waals surface area contributed by atoms with Gasteiger partial charge in [-0.25, -0.2) is 0 Å². The molecule has 2 fully saturated rings. The van der Waals surface area contributed by atoms with E-state index in [2.05, 4.69) is 44.0 Å². The molecule has 2 saturated heterocycles. The predicted octanol–water partition coefficient (Wildman–Crippen LogP) is 2.36. The molecule has 218 valence electrons. The van der Waals surface area contributed by atoms with E-state index >= 15 is 0 Å². The topological polar surface area (TPSA) is 121 Å². The zero-order chi connectivity index (χ0) is 28.4. The minimum absolute atomic E-state index is 0.157. The SMILES string of the molecule is CN1CCN(c2ccc(C(=O)Nc3nn(S(=O)(=O)c4ccccc4)c4c3CNCC4)c(NC3CCOCC3)c2)CC1. The maximum absolute atomic E-state index is 13.8. The highest BCUT2D eigenvalue weighted by atomic mass is 32.2. The first-order chi connectivity index (χ1) is 19.9. The number of amides is 1. The molecule has 12 heteroatoms. The lowest BCUT2D eigenvalue weighted by molar-refractivity contribution is 0.0904. The van der Waals surface area contributed by atoms with Gasteiger partial charge in [0.05, 0.1) is 16.2 Å². The molecule has 11 nitrogen and oxygen atoms in total. The van der Waals surface area contributed by atoms with Gasteiger partial charge in [0.25, 0.3) is 15.9 Å². The number of anilines is 3. The van der Waals surface area contributed by atoms with Crippen molar-refractivity contribution in [3.05, 3.63) is 65.4 Å². The highest BCUT2D eigenvalue weighted by Crippen LogP contribution is 2.30. The average Bonchev–Trinajstić information content (AvgIpc) is 3.37. The number of carbonyl (C=O) groups is 1. The first-order valence-electron chi connectivity index (χ1n) is 14.3. The number of carbonyl (C=O) groups excluding carboxylic acids is 1. The smallest absolute Gasteiger partial charge is 0.283 e. The van der Waals surface area contributed by atoms with Gasteiger partial charge in [0, 0.05) is 81.9 Å². The molecule has 3 aromatic rings. The molecule has 2 aromatic carbocycles. The van der Waals surface area contributed by atoms with Crippen LogP contribution in [0.3, 0.4) is 0 Å². The summed E-state index contributed by atoms with van der Waals surface area (Å²) in [5.74, 6) is -0.0727. The summed E-state index contributed by atoms with van der Waals surface area (Å²) in [6.45, 7) is 6.23. The molecular formula is C29H37N7O4S. The number of benzene rings is 2. The van der Waals surface area contributed by atoms with E-state index in [1.54, 1.807) is 30.3 Å². The van der Waals surface area contributed by atoms with Crippen molar-refractivity contribution < 1.29 is 17.9 Å². The molecule has 0 spiro atoms. The summed E-state index contributed by atoms with van der Waals surface area (Å²) in [6, 6.07) is 14.4. The Kier molecular flexibility index (Phi) is 7.98. The van der Waals surface area contributed by atoms with E-state index < -0.39 is 10.0 Å². The van der Waals surface area contributed by atoms with Gasteiger partial charge in [-0.05, 0) is 50.2 Å². The Balaban J connectivity index is 1.32. The number of hydrogen-bond acceptors (Lipinski definition) is 9. The van der Waals surface area contributed by atoms with Crippen molar-refractivity contribution in [2.75, 3.05) is 68.5 Å². The van der Waals surface area contributed by atoms with Crippen LogP contribution in [-0.2, 0) is 27.7 Å². The van der Waals surface area contributed by atoms with Crippen molar-refractivity contribution in [2.45, 2.75) is 36.7 Å². The number of nitrogens with zero attached hydrogens (tertiary/aromatic N) is 4. The number of piperazine rings is 1. The molecule has 0 atom stereocenters. The van der Waals surface area contributed by atoms with Gasteiger partial charge < -0.3 is 30.5 Å². The summed E-state index contributed by atoms with van der Waals surface area (Å²) in [5.41, 5.74) is 3.61.